The molecule has 0 radical (unpaired) electrons. The highest BCUT2D eigenvalue weighted by Gasteiger charge is 2.28. The molecule has 18 aromatic carbocycles. The van der Waals surface area contributed by atoms with E-state index in [-0.39, 0.29) is 0 Å². The van der Waals surface area contributed by atoms with Crippen LogP contribution in [-0.4, -0.2) is 57.3 Å². The van der Waals surface area contributed by atoms with Crippen LogP contribution in [0.4, 0.5) is 0 Å². The molecule has 636 valence electrons. The van der Waals surface area contributed by atoms with Gasteiger partial charge in [0.2, 0.25) is 11.9 Å². The van der Waals surface area contributed by atoms with Crippen LogP contribution in [0, 0.1) is 20.8 Å². The first kappa shape index (κ1) is 79.2. The van der Waals surface area contributed by atoms with Gasteiger partial charge >= 0.3 is 0 Å². The maximum Gasteiger partial charge on any atom is 0.238 e. The maximum atomic E-state index is 5.33. The summed E-state index contributed by atoms with van der Waals surface area (Å²) in [4.78, 5) is 31.2. The summed E-state index contributed by atoms with van der Waals surface area (Å²) in [6.07, 6.45) is 0. The minimum Gasteiger partial charge on any atom is -0.309 e. The molecule has 0 spiro atoms. The minimum absolute atomic E-state index is 0.594. The van der Waals surface area contributed by atoms with Gasteiger partial charge in [-0.1, -0.05) is 350 Å². The highest BCUT2D eigenvalue weighted by molar-refractivity contribution is 6.29. The molecular weight excluding hydrogens is 1650 g/mol. The monoisotopic (exact) mass is 1730 g/mol. The molecular formula is C123H84N12. The number of rotatable bonds is 12. The largest absolute Gasteiger partial charge is 0.309 e. The lowest BCUT2D eigenvalue weighted by Crippen LogP contribution is -2.06. The summed E-state index contributed by atoms with van der Waals surface area (Å²) in [5.74, 6) is 3.44. The van der Waals surface area contributed by atoms with Gasteiger partial charge in [0.25, 0.3) is 0 Å². The summed E-state index contributed by atoms with van der Waals surface area (Å²) in [5, 5.41) is 14.5. The van der Waals surface area contributed by atoms with Crippen LogP contribution >= 0.6 is 0 Å². The van der Waals surface area contributed by atoms with Gasteiger partial charge in [0, 0.05) is 110 Å². The Balaban J connectivity index is 0.000000108. The lowest BCUT2D eigenvalue weighted by molar-refractivity contribution is 0.953. The van der Waals surface area contributed by atoms with Crippen LogP contribution in [-0.2, 0) is 0 Å². The molecule has 0 aliphatic carbocycles. The van der Waals surface area contributed by atoms with Crippen molar-refractivity contribution in [3.05, 3.63) is 472 Å². The summed E-state index contributed by atoms with van der Waals surface area (Å²) in [6, 6.07) is 161. The third kappa shape index (κ3) is 13.6. The zero-order valence-electron chi connectivity index (χ0n) is 74.2. The van der Waals surface area contributed by atoms with Crippen molar-refractivity contribution >= 4 is 131 Å². The second-order valence-electron chi connectivity index (χ2n) is 34.7. The van der Waals surface area contributed by atoms with Crippen LogP contribution in [0.25, 0.3) is 233 Å². The first-order valence-corrected chi connectivity index (χ1v) is 45.8. The third-order valence-electron chi connectivity index (χ3n) is 26.4. The second-order valence-corrected chi connectivity index (χ2v) is 34.7. The molecule has 9 aromatic heterocycles. The van der Waals surface area contributed by atoms with Gasteiger partial charge in [0.15, 0.2) is 11.6 Å². The zero-order chi connectivity index (χ0) is 89.7. The topological polar surface area (TPSA) is 107 Å². The molecule has 0 atom stereocenters. The maximum absolute atomic E-state index is 5.33. The van der Waals surface area contributed by atoms with Crippen molar-refractivity contribution in [2.24, 2.45) is 0 Å². The van der Waals surface area contributed by atoms with Crippen LogP contribution in [0.3, 0.4) is 0 Å². The molecule has 12 heteroatoms. The van der Waals surface area contributed by atoms with Gasteiger partial charge in [-0.15, -0.1) is 0 Å². The Labute approximate surface area is 777 Å². The number of pyridine rings is 1. The SMILES string of the molecule is Cc1ccc(-n2c3ccccc3c3ccc4c(c5ccccc5n4-c4nc(-c5cccc(C)c5)nc(-c5cccc(C)c5)n4)c32)cc1.c1ccc(-c2cc(-c3ccccc3)nc(-n3c4ccccc4c4c3ccc3c5ccccc5n(-c5ccccc5)c34)c2)cc1.c1ccc(-c2cc(-c3ccccc3)nc(-n3c4ccccc4c4c3ccc3c5ccccc5n(-c5ccccc5)c34)n2)cc1. The number of benzene rings is 18. The van der Waals surface area contributed by atoms with Crippen molar-refractivity contribution in [1.82, 2.24) is 57.3 Å². The minimum atomic E-state index is 0.594. The van der Waals surface area contributed by atoms with Crippen LogP contribution in [0.5, 0.6) is 0 Å². The fraction of sp³-hybridized carbons (Fsp3) is 0.0244. The smallest absolute Gasteiger partial charge is 0.238 e. The van der Waals surface area contributed by atoms with Crippen molar-refractivity contribution in [2.45, 2.75) is 20.8 Å². The summed E-state index contributed by atoms with van der Waals surface area (Å²) >= 11 is 0. The number of para-hydroxylation sites is 8. The molecule has 0 N–H and O–H groups in total. The van der Waals surface area contributed by atoms with Gasteiger partial charge in [-0.25, -0.2) is 19.9 Å². The standard InChI is InChI=1S/C42H31N5.C41H27N3.C40H26N4/c1-26-18-20-31(21-19-26)46-35-16-6-4-14-32(35)33-22-23-37-38(39(33)46)34-15-5-7-17-36(34)47(37)42-44-40(29-12-8-10-27(2)24-29)43-41(45-42)30-13-9-11-28(3)25-30;1-4-14-28(15-5-1)30-26-35(29-16-6-2-7-17-29)42-39(27-30)44-37-23-13-11-21-34(37)40-38(44)25-24-33-32-20-10-12-22-36(32)43(41(33)40)31-18-8-3-9-19-31;1-4-14-27(15-5-1)33-26-34(28-16-6-2-7-17-28)42-40(41-33)44-36-23-13-11-21-32(36)38-37(44)25-24-31-30-20-10-12-22-35(30)43(39(31)38)29-18-8-3-9-19-29/h4-25H,1-3H3;1-27H;1-26H. The Morgan fingerprint density at radius 1 is 0.163 bits per heavy atom. The molecule has 27 rings (SSSR count). The van der Waals surface area contributed by atoms with Crippen molar-refractivity contribution in [3.8, 4) is 102 Å². The molecule has 0 saturated carbocycles. The van der Waals surface area contributed by atoms with Gasteiger partial charge in [0.1, 0.15) is 5.82 Å². The Bertz CT molecular complexity index is 8780. The Morgan fingerprint density at radius 3 is 0.852 bits per heavy atom. The van der Waals surface area contributed by atoms with E-state index in [0.29, 0.717) is 23.5 Å². The number of nitrogens with zero attached hydrogens (tertiary/aromatic N) is 12. The molecule has 12 nitrogen and oxygen atoms in total. The van der Waals surface area contributed by atoms with Crippen molar-refractivity contribution in [3.63, 3.8) is 0 Å². The van der Waals surface area contributed by atoms with E-state index in [2.05, 4.69) is 491 Å². The third-order valence-corrected chi connectivity index (χ3v) is 26.4. The lowest BCUT2D eigenvalue weighted by Gasteiger charge is -2.13. The predicted octanol–water partition coefficient (Wildman–Crippen LogP) is 30.9. The zero-order valence-corrected chi connectivity index (χ0v) is 74.2. The van der Waals surface area contributed by atoms with E-state index in [4.69, 9.17) is 29.9 Å². The summed E-state index contributed by atoms with van der Waals surface area (Å²) < 4.78 is 14.0. The number of aromatic nitrogens is 12. The van der Waals surface area contributed by atoms with E-state index in [1.807, 2.05) is 12.1 Å². The van der Waals surface area contributed by atoms with Gasteiger partial charge in [-0.3, -0.25) is 13.7 Å². The molecule has 27 aromatic rings. The predicted molar refractivity (Wildman–Crippen MR) is 559 cm³/mol. The molecule has 0 unspecified atom stereocenters. The van der Waals surface area contributed by atoms with Gasteiger partial charge in [-0.2, -0.15) is 9.97 Å². The number of hydrogen-bond donors (Lipinski definition) is 0. The van der Waals surface area contributed by atoms with Crippen molar-refractivity contribution in [2.75, 3.05) is 0 Å². The fourth-order valence-electron chi connectivity index (χ4n) is 20.4. The number of hydrogen-bond acceptors (Lipinski definition) is 6. The van der Waals surface area contributed by atoms with Gasteiger partial charge < -0.3 is 13.7 Å². The van der Waals surface area contributed by atoms with E-state index in [1.165, 1.54) is 103 Å². The summed E-state index contributed by atoms with van der Waals surface area (Å²) in [5.41, 5.74) is 30.8. The van der Waals surface area contributed by atoms with Crippen LogP contribution in [0.2, 0.25) is 0 Å². The molecule has 135 heavy (non-hydrogen) atoms. The van der Waals surface area contributed by atoms with Crippen molar-refractivity contribution in [1.29, 1.82) is 0 Å². The van der Waals surface area contributed by atoms with E-state index < -0.39 is 0 Å². The number of fused-ring (bicyclic) bond motifs is 21. The lowest BCUT2D eigenvalue weighted by atomic mass is 10.0. The quantitative estimate of drug-likeness (QED) is 0.121. The molecule has 0 bridgehead atoms. The highest BCUT2D eigenvalue weighted by atomic mass is 15.2. The first-order valence-electron chi connectivity index (χ1n) is 45.8. The molecule has 0 fully saturated rings. The normalized spacial score (nSPS) is 11.7. The molecule has 0 aliphatic rings. The Hall–Kier alpha value is -18.0. The van der Waals surface area contributed by atoms with Gasteiger partial charge in [0.05, 0.1) is 83.3 Å². The van der Waals surface area contributed by atoms with Crippen LogP contribution in [0.1, 0.15) is 16.7 Å². The van der Waals surface area contributed by atoms with Gasteiger partial charge in [-0.05, 0) is 153 Å². The van der Waals surface area contributed by atoms with Crippen LogP contribution < -0.4 is 0 Å². The molecule has 0 aliphatic heterocycles. The van der Waals surface area contributed by atoms with E-state index >= 15 is 0 Å². The van der Waals surface area contributed by atoms with E-state index in [0.717, 1.165) is 123 Å². The highest BCUT2D eigenvalue weighted by Crippen LogP contribution is 2.48. The average Bonchev–Trinajstić information content (AvgIpc) is 1.55. The molecule has 0 saturated heterocycles. The van der Waals surface area contributed by atoms with Crippen molar-refractivity contribution < 1.29 is 0 Å². The van der Waals surface area contributed by atoms with E-state index in [1.54, 1.807) is 0 Å². The van der Waals surface area contributed by atoms with E-state index in [9.17, 15) is 0 Å². The molecule has 0 amide bonds. The van der Waals surface area contributed by atoms with Crippen LogP contribution in [0.15, 0.2) is 455 Å². The summed E-state index contributed by atoms with van der Waals surface area (Å²) in [7, 11) is 0. The fourth-order valence-corrected chi connectivity index (χ4v) is 20.4. The second kappa shape index (κ2) is 32.9. The first-order chi connectivity index (χ1) is 66.7. The summed E-state index contributed by atoms with van der Waals surface area (Å²) in [6.45, 7) is 6.32. The Morgan fingerprint density at radius 2 is 0.467 bits per heavy atom. The molecule has 9 heterocycles. The Kier molecular flexibility index (Phi) is 19.3. The number of aryl methyl sites for hydroxylation is 3. The average molecular weight is 1730 g/mol.